The monoisotopic (exact) mass is 334 g/mol. The van der Waals surface area contributed by atoms with Crippen LogP contribution in [-0.2, 0) is 25.2 Å². The first kappa shape index (κ1) is 18.7. The third-order valence-corrected chi connectivity index (χ3v) is 3.10. The topological polar surface area (TPSA) is 0 Å². The Kier molecular flexibility index (Phi) is 6.19. The van der Waals surface area contributed by atoms with Gasteiger partial charge in [0.1, 0.15) is 0 Å². The number of halogens is 8. The normalized spacial score (nSPS) is 12.7. The van der Waals surface area contributed by atoms with Crippen molar-refractivity contribution in [1.82, 2.24) is 0 Å². The Bertz CT molecular complexity index is 442. The van der Waals surface area contributed by atoms with Crippen LogP contribution in [-0.4, -0.2) is 13.3 Å². The van der Waals surface area contributed by atoms with Gasteiger partial charge in [0, 0.05) is 0 Å². The van der Waals surface area contributed by atoms with Gasteiger partial charge in [0.05, 0.1) is 24.5 Å². The Labute approximate surface area is 122 Å². The van der Waals surface area contributed by atoms with Crippen LogP contribution in [0.5, 0.6) is 0 Å². The molecule has 0 unspecified atom stereocenters. The molecule has 0 nitrogen and oxygen atoms in total. The second-order valence-corrected chi connectivity index (χ2v) is 4.71. The van der Waals surface area contributed by atoms with E-state index in [0.717, 1.165) is 12.1 Å². The standard InChI is InChI=1S/C14H14F8/c15-7-1-3-9-5-6-10(4-2-8-16)12(14(20,21)22)11(9)13(17,18)19/h5-6H,1-4,7-8H2. The lowest BCUT2D eigenvalue weighted by molar-refractivity contribution is -0.163. The number of hydrogen-bond acceptors (Lipinski definition) is 0. The molecule has 0 fully saturated rings. The fourth-order valence-electron chi connectivity index (χ4n) is 2.27. The molecule has 0 aromatic heterocycles. The molecular weight excluding hydrogens is 320 g/mol. The van der Waals surface area contributed by atoms with Gasteiger partial charge in [-0.3, -0.25) is 8.78 Å². The van der Waals surface area contributed by atoms with Crippen LogP contribution >= 0.6 is 0 Å². The first-order valence-electron chi connectivity index (χ1n) is 6.54. The van der Waals surface area contributed by atoms with Crippen molar-refractivity contribution in [2.75, 3.05) is 13.3 Å². The van der Waals surface area contributed by atoms with Gasteiger partial charge >= 0.3 is 12.4 Å². The summed E-state index contributed by atoms with van der Waals surface area (Å²) < 4.78 is 103. The van der Waals surface area contributed by atoms with Gasteiger partial charge in [-0.2, -0.15) is 26.3 Å². The molecule has 0 aliphatic rings. The van der Waals surface area contributed by atoms with E-state index in [1.54, 1.807) is 0 Å². The molecule has 0 saturated carbocycles. The summed E-state index contributed by atoms with van der Waals surface area (Å²) in [5, 5.41) is 0. The number of rotatable bonds is 6. The molecule has 0 spiro atoms. The zero-order chi connectivity index (χ0) is 17.0. The van der Waals surface area contributed by atoms with E-state index in [1.165, 1.54) is 0 Å². The largest absolute Gasteiger partial charge is 0.417 e. The molecule has 0 aliphatic heterocycles. The van der Waals surface area contributed by atoms with Gasteiger partial charge < -0.3 is 0 Å². The zero-order valence-electron chi connectivity index (χ0n) is 11.4. The van der Waals surface area contributed by atoms with E-state index >= 15 is 0 Å². The molecule has 22 heavy (non-hydrogen) atoms. The maximum atomic E-state index is 13.1. The van der Waals surface area contributed by atoms with Crippen LogP contribution < -0.4 is 0 Å². The zero-order valence-corrected chi connectivity index (χ0v) is 11.4. The Balaban J connectivity index is 3.52. The Morgan fingerprint density at radius 1 is 0.636 bits per heavy atom. The smallest absolute Gasteiger partial charge is 0.251 e. The van der Waals surface area contributed by atoms with Gasteiger partial charge in [-0.1, -0.05) is 12.1 Å². The molecule has 0 amide bonds. The molecule has 8 heteroatoms. The van der Waals surface area contributed by atoms with Gasteiger partial charge in [-0.15, -0.1) is 0 Å². The number of benzene rings is 1. The number of alkyl halides is 8. The average Bonchev–Trinajstić information content (AvgIpc) is 2.40. The summed E-state index contributed by atoms with van der Waals surface area (Å²) in [6, 6.07) is 1.84. The highest BCUT2D eigenvalue weighted by atomic mass is 19.4. The van der Waals surface area contributed by atoms with Crippen molar-refractivity contribution in [3.05, 3.63) is 34.4 Å². The Hall–Kier alpha value is -1.34. The van der Waals surface area contributed by atoms with Gasteiger partial charge in [0.2, 0.25) is 0 Å². The predicted octanol–water partition coefficient (Wildman–Crippen LogP) is 5.53. The minimum atomic E-state index is -5.22. The van der Waals surface area contributed by atoms with Crippen molar-refractivity contribution in [3.63, 3.8) is 0 Å². The summed E-state index contributed by atoms with van der Waals surface area (Å²) in [6.45, 7) is -1.86. The lowest BCUT2D eigenvalue weighted by atomic mass is 9.91. The number of hydrogen-bond donors (Lipinski definition) is 0. The fourth-order valence-corrected chi connectivity index (χ4v) is 2.27. The highest BCUT2D eigenvalue weighted by Gasteiger charge is 2.46. The second kappa shape index (κ2) is 7.28. The van der Waals surface area contributed by atoms with Crippen LogP contribution in [0.4, 0.5) is 35.1 Å². The van der Waals surface area contributed by atoms with Gasteiger partial charge in [0.15, 0.2) is 0 Å². The van der Waals surface area contributed by atoms with Crippen LogP contribution in [0.25, 0.3) is 0 Å². The van der Waals surface area contributed by atoms with Gasteiger partial charge in [-0.05, 0) is 36.8 Å². The highest BCUT2D eigenvalue weighted by Crippen LogP contribution is 2.44. The van der Waals surface area contributed by atoms with E-state index in [9.17, 15) is 35.1 Å². The van der Waals surface area contributed by atoms with E-state index < -0.39 is 60.8 Å². The molecule has 0 atom stereocenters. The van der Waals surface area contributed by atoms with Gasteiger partial charge in [-0.25, -0.2) is 0 Å². The van der Waals surface area contributed by atoms with Crippen molar-refractivity contribution in [1.29, 1.82) is 0 Å². The molecule has 1 aromatic rings. The minimum absolute atomic E-state index is 0.301. The summed E-state index contributed by atoms with van der Waals surface area (Å²) in [5.41, 5.74) is -4.77. The van der Waals surface area contributed by atoms with Crippen LogP contribution in [0, 0.1) is 0 Å². The Morgan fingerprint density at radius 2 is 0.955 bits per heavy atom. The molecule has 1 aromatic carbocycles. The van der Waals surface area contributed by atoms with Crippen LogP contribution in [0.3, 0.4) is 0 Å². The van der Waals surface area contributed by atoms with E-state index in [4.69, 9.17) is 0 Å². The van der Waals surface area contributed by atoms with Crippen LogP contribution in [0.1, 0.15) is 35.1 Å². The van der Waals surface area contributed by atoms with Gasteiger partial charge in [0.25, 0.3) is 0 Å². The van der Waals surface area contributed by atoms with E-state index in [1.807, 2.05) is 0 Å². The average molecular weight is 334 g/mol. The lowest BCUT2D eigenvalue weighted by Gasteiger charge is -2.22. The predicted molar refractivity (Wildman–Crippen MR) is 65.0 cm³/mol. The number of aryl methyl sites for hydroxylation is 2. The third kappa shape index (κ3) is 4.58. The fraction of sp³-hybridized carbons (Fsp3) is 0.571. The maximum absolute atomic E-state index is 13.1. The summed E-state index contributed by atoms with van der Waals surface area (Å²) in [6.07, 6.45) is -11.9. The van der Waals surface area contributed by atoms with Crippen molar-refractivity contribution < 1.29 is 35.1 Å². The van der Waals surface area contributed by atoms with E-state index in [-0.39, 0.29) is 12.8 Å². The maximum Gasteiger partial charge on any atom is 0.417 e. The molecule has 0 bridgehead atoms. The highest BCUT2D eigenvalue weighted by molar-refractivity contribution is 5.45. The van der Waals surface area contributed by atoms with Crippen molar-refractivity contribution in [2.45, 2.75) is 38.0 Å². The molecule has 1 rings (SSSR count). The Morgan fingerprint density at radius 3 is 1.18 bits per heavy atom. The third-order valence-electron chi connectivity index (χ3n) is 3.10. The molecule has 0 heterocycles. The SMILES string of the molecule is FCCCc1ccc(CCCF)c(C(F)(F)F)c1C(F)(F)F. The van der Waals surface area contributed by atoms with Crippen molar-refractivity contribution in [2.24, 2.45) is 0 Å². The quantitative estimate of drug-likeness (QED) is 0.600. The lowest BCUT2D eigenvalue weighted by Crippen LogP contribution is -2.21. The molecule has 0 N–H and O–H groups in total. The summed E-state index contributed by atoms with van der Waals surface area (Å²) >= 11 is 0. The first-order valence-corrected chi connectivity index (χ1v) is 6.54. The molecule has 0 aliphatic carbocycles. The summed E-state index contributed by atoms with van der Waals surface area (Å²) in [7, 11) is 0. The summed E-state index contributed by atoms with van der Waals surface area (Å²) in [4.78, 5) is 0. The molecular formula is C14H14F8. The van der Waals surface area contributed by atoms with Crippen LogP contribution in [0.15, 0.2) is 12.1 Å². The molecule has 0 radical (unpaired) electrons. The van der Waals surface area contributed by atoms with Crippen molar-refractivity contribution in [3.8, 4) is 0 Å². The van der Waals surface area contributed by atoms with Crippen molar-refractivity contribution >= 4 is 0 Å². The molecule has 126 valence electrons. The van der Waals surface area contributed by atoms with E-state index in [2.05, 4.69) is 0 Å². The first-order chi connectivity index (χ1) is 10.1. The summed E-state index contributed by atoms with van der Waals surface area (Å²) in [5.74, 6) is 0. The second-order valence-electron chi connectivity index (χ2n) is 4.71. The molecule has 0 saturated heterocycles. The van der Waals surface area contributed by atoms with Crippen LogP contribution in [0.2, 0.25) is 0 Å². The minimum Gasteiger partial charge on any atom is -0.251 e. The van der Waals surface area contributed by atoms with E-state index in [0.29, 0.717) is 0 Å².